The summed E-state index contributed by atoms with van der Waals surface area (Å²) in [6.07, 6.45) is 3.43. The third-order valence-electron chi connectivity index (χ3n) is 2.20. The molecule has 16 heavy (non-hydrogen) atoms. The minimum atomic E-state index is 0.746. The molecule has 2 aromatic rings. The third kappa shape index (κ3) is 2.10. The quantitative estimate of drug-likeness (QED) is 0.812. The van der Waals surface area contributed by atoms with Gasteiger partial charge in [-0.2, -0.15) is 5.10 Å². The minimum Gasteiger partial charge on any atom is -0.373 e. The van der Waals surface area contributed by atoms with E-state index in [2.05, 4.69) is 25.7 Å². The number of hydrogen-bond donors (Lipinski definition) is 2. The summed E-state index contributed by atoms with van der Waals surface area (Å²) >= 11 is 0. The van der Waals surface area contributed by atoms with Crippen LogP contribution in [0.3, 0.4) is 0 Å². The van der Waals surface area contributed by atoms with Gasteiger partial charge in [0.15, 0.2) is 0 Å². The predicted molar refractivity (Wildman–Crippen MR) is 62.8 cm³/mol. The van der Waals surface area contributed by atoms with Crippen LogP contribution < -0.4 is 10.6 Å². The lowest BCUT2D eigenvalue weighted by atomic mass is 10.4. The zero-order chi connectivity index (χ0) is 11.5. The molecule has 0 aliphatic rings. The summed E-state index contributed by atoms with van der Waals surface area (Å²) in [5, 5.41) is 10.4. The van der Waals surface area contributed by atoms with Gasteiger partial charge in [-0.05, 0) is 6.92 Å². The topological polar surface area (TPSA) is 67.7 Å². The van der Waals surface area contributed by atoms with Gasteiger partial charge < -0.3 is 10.6 Å². The maximum Gasteiger partial charge on any atom is 0.135 e. The summed E-state index contributed by atoms with van der Waals surface area (Å²) in [5.41, 5.74) is 1.88. The summed E-state index contributed by atoms with van der Waals surface area (Å²) in [4.78, 5) is 8.18. The van der Waals surface area contributed by atoms with Crippen molar-refractivity contribution < 1.29 is 0 Å². The second kappa shape index (κ2) is 4.18. The molecule has 0 spiro atoms. The van der Waals surface area contributed by atoms with E-state index in [1.807, 2.05) is 33.3 Å². The van der Waals surface area contributed by atoms with Crippen molar-refractivity contribution in [2.45, 2.75) is 6.92 Å². The fraction of sp³-hybridized carbons (Fsp3) is 0.300. The second-order valence-corrected chi connectivity index (χ2v) is 3.47. The summed E-state index contributed by atoms with van der Waals surface area (Å²) in [5.74, 6) is 1.52. The van der Waals surface area contributed by atoms with Gasteiger partial charge in [0.25, 0.3) is 0 Å². The Bertz CT molecular complexity index is 490. The summed E-state index contributed by atoms with van der Waals surface area (Å²) in [7, 11) is 3.71. The van der Waals surface area contributed by atoms with Crippen molar-refractivity contribution in [1.82, 2.24) is 19.7 Å². The lowest BCUT2D eigenvalue weighted by Crippen LogP contribution is -1.98. The zero-order valence-corrected chi connectivity index (χ0v) is 9.52. The van der Waals surface area contributed by atoms with Crippen LogP contribution >= 0.6 is 0 Å². The number of nitrogens with zero attached hydrogens (tertiary/aromatic N) is 4. The molecule has 2 rings (SSSR count). The van der Waals surface area contributed by atoms with E-state index >= 15 is 0 Å². The van der Waals surface area contributed by atoms with E-state index in [1.54, 1.807) is 4.68 Å². The van der Waals surface area contributed by atoms with Crippen molar-refractivity contribution in [1.29, 1.82) is 0 Å². The average Bonchev–Trinajstić information content (AvgIpc) is 2.58. The van der Waals surface area contributed by atoms with E-state index in [0.29, 0.717) is 0 Å². The number of aryl methyl sites for hydroxylation is 2. The first-order valence-corrected chi connectivity index (χ1v) is 4.96. The highest BCUT2D eigenvalue weighted by atomic mass is 15.3. The first-order chi connectivity index (χ1) is 7.69. The molecule has 2 aromatic heterocycles. The predicted octanol–water partition coefficient (Wildman–Crippen LogP) is 1.30. The van der Waals surface area contributed by atoms with Gasteiger partial charge in [0.1, 0.15) is 18.0 Å². The highest BCUT2D eigenvalue weighted by molar-refractivity contribution is 5.59. The van der Waals surface area contributed by atoms with Crippen molar-refractivity contribution in [2.24, 2.45) is 7.05 Å². The molecule has 0 fully saturated rings. The van der Waals surface area contributed by atoms with Crippen LogP contribution in [-0.2, 0) is 7.05 Å². The maximum atomic E-state index is 4.24. The normalized spacial score (nSPS) is 10.2. The van der Waals surface area contributed by atoms with Gasteiger partial charge in [-0.1, -0.05) is 0 Å². The van der Waals surface area contributed by atoms with Gasteiger partial charge >= 0.3 is 0 Å². The fourth-order valence-electron chi connectivity index (χ4n) is 1.42. The molecule has 6 heteroatoms. The molecule has 0 saturated heterocycles. The second-order valence-electron chi connectivity index (χ2n) is 3.47. The Hall–Kier alpha value is -2.11. The molecule has 0 bridgehead atoms. The standard InChI is InChI=1S/C10H14N6/c1-7-8(5-16(3)15-7)14-10-4-9(11-2)12-6-13-10/h4-6H,1-3H3,(H2,11,12,13,14). The van der Waals surface area contributed by atoms with Crippen LogP contribution in [-0.4, -0.2) is 26.8 Å². The lowest BCUT2D eigenvalue weighted by Gasteiger charge is -2.04. The molecule has 2 N–H and O–H groups in total. The van der Waals surface area contributed by atoms with Gasteiger partial charge in [0.2, 0.25) is 0 Å². The van der Waals surface area contributed by atoms with Gasteiger partial charge in [-0.15, -0.1) is 0 Å². The van der Waals surface area contributed by atoms with Crippen LogP contribution in [0, 0.1) is 6.92 Å². The average molecular weight is 218 g/mol. The Balaban J connectivity index is 2.23. The Kier molecular flexibility index (Phi) is 2.72. The van der Waals surface area contributed by atoms with Gasteiger partial charge in [-0.3, -0.25) is 4.68 Å². The van der Waals surface area contributed by atoms with Crippen molar-refractivity contribution in [3.8, 4) is 0 Å². The summed E-state index contributed by atoms with van der Waals surface area (Å²) in [6, 6.07) is 1.84. The van der Waals surface area contributed by atoms with Gasteiger partial charge in [-0.25, -0.2) is 9.97 Å². The van der Waals surface area contributed by atoms with Crippen molar-refractivity contribution >= 4 is 17.3 Å². The monoisotopic (exact) mass is 218 g/mol. The largest absolute Gasteiger partial charge is 0.373 e. The molecule has 84 valence electrons. The van der Waals surface area contributed by atoms with Crippen LogP contribution in [0.1, 0.15) is 5.69 Å². The van der Waals surface area contributed by atoms with E-state index in [9.17, 15) is 0 Å². The highest BCUT2D eigenvalue weighted by Gasteiger charge is 2.04. The smallest absolute Gasteiger partial charge is 0.135 e. The van der Waals surface area contributed by atoms with Crippen LogP contribution in [0.5, 0.6) is 0 Å². The molecule has 0 saturated carbocycles. The Labute approximate surface area is 93.7 Å². The maximum absolute atomic E-state index is 4.24. The number of nitrogens with one attached hydrogen (secondary N) is 2. The molecule has 0 radical (unpaired) electrons. The van der Waals surface area contributed by atoms with E-state index < -0.39 is 0 Å². The van der Waals surface area contributed by atoms with Crippen molar-refractivity contribution in [3.05, 3.63) is 24.3 Å². The molecular weight excluding hydrogens is 204 g/mol. The Morgan fingerprint density at radius 1 is 1.25 bits per heavy atom. The first-order valence-electron chi connectivity index (χ1n) is 4.96. The summed E-state index contributed by atoms with van der Waals surface area (Å²) in [6.45, 7) is 1.95. The van der Waals surface area contributed by atoms with E-state index in [1.165, 1.54) is 6.33 Å². The third-order valence-corrected chi connectivity index (χ3v) is 2.20. The number of anilines is 3. The Morgan fingerprint density at radius 2 is 2.00 bits per heavy atom. The van der Waals surface area contributed by atoms with Gasteiger partial charge in [0, 0.05) is 26.4 Å². The molecule has 2 heterocycles. The van der Waals surface area contributed by atoms with E-state index in [0.717, 1.165) is 23.0 Å². The molecule has 0 aliphatic carbocycles. The zero-order valence-electron chi connectivity index (χ0n) is 9.52. The first kappa shape index (κ1) is 10.4. The van der Waals surface area contributed by atoms with E-state index in [-0.39, 0.29) is 0 Å². The van der Waals surface area contributed by atoms with Crippen LogP contribution in [0.2, 0.25) is 0 Å². The van der Waals surface area contributed by atoms with Crippen LogP contribution in [0.4, 0.5) is 17.3 Å². The SMILES string of the molecule is CNc1cc(Nc2cn(C)nc2C)ncn1. The minimum absolute atomic E-state index is 0.746. The molecule has 0 unspecified atom stereocenters. The van der Waals surface area contributed by atoms with Gasteiger partial charge in [0.05, 0.1) is 11.4 Å². The van der Waals surface area contributed by atoms with Crippen LogP contribution in [0.15, 0.2) is 18.6 Å². The van der Waals surface area contributed by atoms with Crippen LogP contribution in [0.25, 0.3) is 0 Å². The molecule has 0 aromatic carbocycles. The number of hydrogen-bond acceptors (Lipinski definition) is 5. The van der Waals surface area contributed by atoms with Crippen molar-refractivity contribution in [3.63, 3.8) is 0 Å². The highest BCUT2D eigenvalue weighted by Crippen LogP contribution is 2.18. The van der Waals surface area contributed by atoms with Crippen molar-refractivity contribution in [2.75, 3.05) is 17.7 Å². The molecule has 0 aliphatic heterocycles. The number of aromatic nitrogens is 4. The Morgan fingerprint density at radius 3 is 2.62 bits per heavy atom. The molecule has 0 atom stereocenters. The van der Waals surface area contributed by atoms with E-state index in [4.69, 9.17) is 0 Å². The molecular formula is C10H14N6. The summed E-state index contributed by atoms with van der Waals surface area (Å²) < 4.78 is 1.76. The fourth-order valence-corrected chi connectivity index (χ4v) is 1.42. The molecule has 6 nitrogen and oxygen atoms in total. The molecule has 0 amide bonds. The lowest BCUT2D eigenvalue weighted by molar-refractivity contribution is 0.756. The number of rotatable bonds is 3.